The van der Waals surface area contributed by atoms with Crippen LogP contribution >= 0.6 is 0 Å². The van der Waals surface area contributed by atoms with Crippen molar-refractivity contribution < 1.29 is 32.3 Å². The molecule has 2 saturated heterocycles. The molecule has 0 unspecified atom stereocenters. The maximum Gasteiger partial charge on any atom is 0.433 e. The van der Waals surface area contributed by atoms with E-state index in [-0.39, 0.29) is 24.1 Å². The first-order chi connectivity index (χ1) is 26.9. The van der Waals surface area contributed by atoms with Gasteiger partial charge in [0.25, 0.3) is 5.91 Å². The number of hydrogen-bond acceptors (Lipinski definition) is 9. The number of rotatable bonds is 8. The van der Waals surface area contributed by atoms with Crippen molar-refractivity contribution in [3.05, 3.63) is 78.0 Å². The summed E-state index contributed by atoms with van der Waals surface area (Å²) in [5, 5.41) is 12.6. The highest BCUT2D eigenvalue weighted by molar-refractivity contribution is 6.11. The van der Waals surface area contributed by atoms with Gasteiger partial charge < -0.3 is 15.0 Å². The minimum Gasteiger partial charge on any atom is -0.494 e. The number of nitrogens with one attached hydrogen (secondary N) is 2. The number of benzene rings is 2. The molecule has 56 heavy (non-hydrogen) atoms. The van der Waals surface area contributed by atoms with Gasteiger partial charge in [0.15, 0.2) is 0 Å². The number of carbonyl (C=O) groups is 3. The van der Waals surface area contributed by atoms with Gasteiger partial charge >= 0.3 is 12.2 Å². The van der Waals surface area contributed by atoms with Crippen LogP contribution in [0, 0.1) is 12.8 Å². The van der Waals surface area contributed by atoms with Crippen LogP contribution in [0.4, 0.5) is 35.0 Å². The Morgan fingerprint density at radius 3 is 2.50 bits per heavy atom. The number of methoxy groups -OCH3 is 1. The van der Waals surface area contributed by atoms with Gasteiger partial charge in [0.1, 0.15) is 17.1 Å². The molecule has 3 fully saturated rings. The number of fused-ring (bicyclic) bond motifs is 2. The van der Waals surface area contributed by atoms with Gasteiger partial charge in [-0.1, -0.05) is 18.2 Å². The zero-order valence-corrected chi connectivity index (χ0v) is 31.1. The number of aryl methyl sites for hydroxylation is 1. The van der Waals surface area contributed by atoms with Crippen LogP contribution in [-0.4, -0.2) is 88.9 Å². The molecule has 0 radical (unpaired) electrons. The van der Waals surface area contributed by atoms with Crippen molar-refractivity contribution in [2.45, 2.75) is 51.2 Å². The van der Waals surface area contributed by atoms with E-state index in [1.54, 1.807) is 23.2 Å². The van der Waals surface area contributed by atoms with Gasteiger partial charge in [-0.2, -0.15) is 18.3 Å². The molecule has 3 aromatic heterocycles. The van der Waals surface area contributed by atoms with E-state index in [1.807, 2.05) is 23.1 Å². The first-order valence-electron chi connectivity index (χ1n) is 18.8. The van der Waals surface area contributed by atoms with Crippen molar-refractivity contribution in [1.82, 2.24) is 30.0 Å². The molecule has 0 atom stereocenters. The van der Waals surface area contributed by atoms with E-state index in [4.69, 9.17) is 9.84 Å². The summed E-state index contributed by atoms with van der Waals surface area (Å²) in [5.74, 6) is -0.130. The molecular formula is C40H42F3N9O4. The molecule has 2 N–H and O–H groups in total. The SMILES string of the molecule is COc1cc2nn(C3CCC(CN4CCN(c5c(C)ccc6c(N7CCC(=O)NC7=O)cncc56)CC4)CC3)cc2cc1NC(=O)c1cccc(C(F)(F)F)n1. The summed E-state index contributed by atoms with van der Waals surface area (Å²) in [7, 11) is 1.46. The summed E-state index contributed by atoms with van der Waals surface area (Å²) in [6.45, 7) is 7.09. The van der Waals surface area contributed by atoms with E-state index in [9.17, 15) is 27.6 Å². The number of anilines is 3. The third kappa shape index (κ3) is 7.44. The third-order valence-electron chi connectivity index (χ3n) is 11.2. The average molecular weight is 770 g/mol. The van der Waals surface area contributed by atoms with E-state index in [2.05, 4.69) is 43.4 Å². The Morgan fingerprint density at radius 2 is 1.77 bits per heavy atom. The van der Waals surface area contributed by atoms with Gasteiger partial charge in [-0.3, -0.25) is 34.4 Å². The van der Waals surface area contributed by atoms with Crippen LogP contribution in [-0.2, 0) is 11.0 Å². The molecule has 2 aliphatic heterocycles. The zero-order valence-electron chi connectivity index (χ0n) is 31.1. The molecule has 3 aliphatic rings. The molecule has 1 aliphatic carbocycles. The molecule has 1 saturated carbocycles. The first kappa shape index (κ1) is 37.2. The minimum atomic E-state index is -4.67. The Balaban J connectivity index is 0.877. The highest BCUT2D eigenvalue weighted by Gasteiger charge is 2.33. The molecule has 2 aromatic carbocycles. The predicted octanol–water partition coefficient (Wildman–Crippen LogP) is 6.57. The number of nitrogens with zero attached hydrogens (tertiary/aromatic N) is 7. The highest BCUT2D eigenvalue weighted by atomic mass is 19.4. The number of alkyl halides is 3. The van der Waals surface area contributed by atoms with Crippen molar-refractivity contribution in [3.8, 4) is 5.75 Å². The first-order valence-corrected chi connectivity index (χ1v) is 18.8. The Labute approximate surface area is 320 Å². The molecule has 0 bridgehead atoms. The number of imide groups is 1. The van der Waals surface area contributed by atoms with E-state index in [0.29, 0.717) is 35.1 Å². The van der Waals surface area contributed by atoms with Crippen molar-refractivity contribution in [3.63, 3.8) is 0 Å². The molecule has 292 valence electrons. The van der Waals surface area contributed by atoms with Gasteiger partial charge in [0, 0.05) is 86.0 Å². The van der Waals surface area contributed by atoms with E-state index < -0.39 is 23.8 Å². The maximum atomic E-state index is 13.2. The second-order valence-corrected chi connectivity index (χ2v) is 14.8. The maximum absolute atomic E-state index is 13.2. The van der Waals surface area contributed by atoms with Crippen LogP contribution in [0.5, 0.6) is 5.75 Å². The van der Waals surface area contributed by atoms with Gasteiger partial charge in [0.05, 0.1) is 36.2 Å². The largest absolute Gasteiger partial charge is 0.494 e. The Morgan fingerprint density at radius 1 is 0.982 bits per heavy atom. The highest BCUT2D eigenvalue weighted by Crippen LogP contribution is 2.38. The van der Waals surface area contributed by atoms with Crippen molar-refractivity contribution >= 4 is 56.6 Å². The van der Waals surface area contributed by atoms with Gasteiger partial charge in [-0.15, -0.1) is 0 Å². The Bertz CT molecular complexity index is 2310. The normalized spacial score (nSPS) is 19.7. The molecule has 4 amide bonds. The van der Waals surface area contributed by atoms with Crippen molar-refractivity contribution in [1.29, 1.82) is 0 Å². The number of amides is 4. The van der Waals surface area contributed by atoms with E-state index in [0.717, 1.165) is 97.9 Å². The second-order valence-electron chi connectivity index (χ2n) is 14.8. The lowest BCUT2D eigenvalue weighted by Gasteiger charge is -2.40. The quantitative estimate of drug-likeness (QED) is 0.180. The number of pyridine rings is 2. The summed E-state index contributed by atoms with van der Waals surface area (Å²) in [6, 6.07) is 10.6. The number of aromatic nitrogens is 4. The molecule has 8 rings (SSSR count). The minimum absolute atomic E-state index is 0.221. The van der Waals surface area contributed by atoms with Crippen LogP contribution in [0.1, 0.15) is 59.9 Å². The topological polar surface area (TPSA) is 138 Å². The number of ether oxygens (including phenoxy) is 1. The lowest BCUT2D eigenvalue weighted by Crippen LogP contribution is -2.49. The number of piperazine rings is 1. The predicted molar refractivity (Wildman–Crippen MR) is 205 cm³/mol. The van der Waals surface area contributed by atoms with Crippen LogP contribution in [0.3, 0.4) is 0 Å². The van der Waals surface area contributed by atoms with Gasteiger partial charge in [-0.05, 0) is 62.3 Å². The molecular weight excluding hydrogens is 727 g/mol. The molecule has 0 spiro atoms. The smallest absolute Gasteiger partial charge is 0.433 e. The Hall–Kier alpha value is -5.77. The van der Waals surface area contributed by atoms with Gasteiger partial charge in [-0.25, -0.2) is 9.78 Å². The number of halogens is 3. The number of hydrogen-bond donors (Lipinski definition) is 2. The van der Waals surface area contributed by atoms with Crippen molar-refractivity contribution in [2.75, 3.05) is 61.5 Å². The standard InChI is InChI=1S/C40H42F3N9O4/c1-24-6-11-28-29(20-44-21-33(28)51-13-12-36(53)47-39(51)55)37(24)50-16-14-49(15-17-50)22-25-7-9-27(10-8-25)52-23-26-18-32(34(56-2)19-31(26)48-52)46-38(54)30-4-3-5-35(45-30)40(41,42)43/h3-6,11,18-21,23,25,27H,7-10,12-17,22H2,1-2H3,(H,46,54)(H,47,53,55). The second kappa shape index (κ2) is 15.0. The third-order valence-corrected chi connectivity index (χ3v) is 11.2. The summed E-state index contributed by atoms with van der Waals surface area (Å²) in [5.41, 5.74) is 2.51. The summed E-state index contributed by atoms with van der Waals surface area (Å²) < 4.78 is 47.0. The molecule has 5 heterocycles. The summed E-state index contributed by atoms with van der Waals surface area (Å²) >= 11 is 0. The van der Waals surface area contributed by atoms with Crippen LogP contribution < -0.4 is 25.2 Å². The summed E-state index contributed by atoms with van der Waals surface area (Å²) in [6.07, 6.45) is 5.21. The lowest BCUT2D eigenvalue weighted by molar-refractivity contribution is -0.141. The summed E-state index contributed by atoms with van der Waals surface area (Å²) in [4.78, 5) is 51.9. The van der Waals surface area contributed by atoms with E-state index in [1.165, 1.54) is 13.2 Å². The van der Waals surface area contributed by atoms with Crippen LogP contribution in [0.25, 0.3) is 21.7 Å². The molecule has 5 aromatic rings. The van der Waals surface area contributed by atoms with Crippen molar-refractivity contribution in [2.24, 2.45) is 5.92 Å². The zero-order chi connectivity index (χ0) is 39.1. The van der Waals surface area contributed by atoms with Crippen LogP contribution in [0.15, 0.2) is 61.1 Å². The number of urea groups is 1. The fourth-order valence-corrected chi connectivity index (χ4v) is 8.29. The lowest BCUT2D eigenvalue weighted by atomic mass is 9.85. The average Bonchev–Trinajstić information content (AvgIpc) is 3.61. The monoisotopic (exact) mass is 769 g/mol. The Kier molecular flexibility index (Phi) is 9.99. The molecule has 16 heteroatoms. The van der Waals surface area contributed by atoms with Gasteiger partial charge in [0.2, 0.25) is 5.91 Å². The number of carbonyl (C=O) groups excluding carboxylic acids is 3. The molecule has 13 nitrogen and oxygen atoms in total. The fourth-order valence-electron chi connectivity index (χ4n) is 8.29. The van der Waals surface area contributed by atoms with Crippen LogP contribution in [0.2, 0.25) is 0 Å². The van der Waals surface area contributed by atoms with E-state index >= 15 is 0 Å². The fraction of sp³-hybridized carbons (Fsp3) is 0.400.